The summed E-state index contributed by atoms with van der Waals surface area (Å²) in [6, 6.07) is 5.95. The summed E-state index contributed by atoms with van der Waals surface area (Å²) < 4.78 is 0. The summed E-state index contributed by atoms with van der Waals surface area (Å²) in [5, 5.41) is 5.36. The molecule has 1 aliphatic rings. The second-order valence-electron chi connectivity index (χ2n) is 6.93. The van der Waals surface area contributed by atoms with Gasteiger partial charge in [-0.3, -0.25) is 4.79 Å². The van der Waals surface area contributed by atoms with Gasteiger partial charge in [0.1, 0.15) is 0 Å². The van der Waals surface area contributed by atoms with Gasteiger partial charge in [-0.05, 0) is 30.4 Å². The van der Waals surface area contributed by atoms with Gasteiger partial charge in [-0.1, -0.05) is 19.9 Å². The third kappa shape index (κ3) is 4.12. The minimum atomic E-state index is 0.0383. The van der Waals surface area contributed by atoms with E-state index in [4.69, 9.17) is 0 Å². The molecule has 2 aromatic heterocycles. The zero-order chi connectivity index (χ0) is 17.0. The summed E-state index contributed by atoms with van der Waals surface area (Å²) in [4.78, 5) is 24.4. The molecule has 0 aliphatic carbocycles. The van der Waals surface area contributed by atoms with E-state index in [1.165, 1.54) is 4.88 Å². The highest BCUT2D eigenvalue weighted by Gasteiger charge is 2.37. The lowest BCUT2D eigenvalue weighted by Crippen LogP contribution is -2.37. The van der Waals surface area contributed by atoms with Gasteiger partial charge in [0.2, 0.25) is 11.9 Å². The molecule has 1 saturated heterocycles. The van der Waals surface area contributed by atoms with Gasteiger partial charge in [-0.25, -0.2) is 9.97 Å². The van der Waals surface area contributed by atoms with Crippen LogP contribution in [-0.2, 0) is 11.2 Å². The average Bonchev–Trinajstić information content (AvgIpc) is 3.24. The number of anilines is 1. The third-order valence-electron chi connectivity index (χ3n) is 4.62. The number of aromatic nitrogens is 2. The molecule has 128 valence electrons. The molecule has 1 N–H and O–H groups in total. The van der Waals surface area contributed by atoms with Crippen LogP contribution in [0, 0.1) is 11.3 Å². The highest BCUT2D eigenvalue weighted by molar-refractivity contribution is 7.09. The zero-order valence-electron chi connectivity index (χ0n) is 14.2. The van der Waals surface area contributed by atoms with Crippen LogP contribution in [0.3, 0.4) is 0 Å². The number of nitrogens with one attached hydrogen (secondary N) is 1. The maximum Gasteiger partial charge on any atom is 0.225 e. The van der Waals surface area contributed by atoms with Crippen LogP contribution < -0.4 is 5.32 Å². The highest BCUT2D eigenvalue weighted by atomic mass is 32.1. The largest absolute Gasteiger partial charge is 0.354 e. The van der Waals surface area contributed by atoms with Crippen LogP contribution in [0.2, 0.25) is 0 Å². The molecule has 0 saturated carbocycles. The molecule has 2 aromatic rings. The molecule has 0 bridgehead atoms. The number of rotatable bonds is 6. The Hall–Kier alpha value is -1.95. The van der Waals surface area contributed by atoms with E-state index < -0.39 is 0 Å². The Bertz CT molecular complexity index is 661. The number of carbonyl (C=O) groups is 1. The van der Waals surface area contributed by atoms with Crippen LogP contribution in [0.4, 0.5) is 5.95 Å². The Morgan fingerprint density at radius 3 is 2.92 bits per heavy atom. The van der Waals surface area contributed by atoms with E-state index in [0.717, 1.165) is 32.5 Å². The minimum absolute atomic E-state index is 0.0383. The van der Waals surface area contributed by atoms with Gasteiger partial charge in [0, 0.05) is 48.2 Å². The maximum atomic E-state index is 12.7. The Kier molecular flexibility index (Phi) is 5.14. The maximum absolute atomic E-state index is 12.7. The van der Waals surface area contributed by atoms with Crippen LogP contribution in [0.15, 0.2) is 36.0 Å². The van der Waals surface area contributed by atoms with Gasteiger partial charge in [0.25, 0.3) is 0 Å². The van der Waals surface area contributed by atoms with E-state index in [-0.39, 0.29) is 17.2 Å². The lowest BCUT2D eigenvalue weighted by atomic mass is 9.90. The first-order chi connectivity index (χ1) is 11.6. The molecule has 24 heavy (non-hydrogen) atoms. The van der Waals surface area contributed by atoms with Crippen LogP contribution in [0.25, 0.3) is 0 Å². The molecule has 5 nitrogen and oxygen atoms in total. The summed E-state index contributed by atoms with van der Waals surface area (Å²) in [6.07, 6.45) is 5.30. The van der Waals surface area contributed by atoms with E-state index in [1.807, 2.05) is 17.9 Å². The fraction of sp³-hybridized carbons (Fsp3) is 0.500. The van der Waals surface area contributed by atoms with Gasteiger partial charge in [0.05, 0.1) is 0 Å². The minimum Gasteiger partial charge on any atom is -0.354 e. The van der Waals surface area contributed by atoms with Gasteiger partial charge >= 0.3 is 0 Å². The Balaban J connectivity index is 1.52. The van der Waals surface area contributed by atoms with Crippen molar-refractivity contribution in [1.82, 2.24) is 14.9 Å². The smallest absolute Gasteiger partial charge is 0.225 e. The van der Waals surface area contributed by atoms with E-state index in [2.05, 4.69) is 33.7 Å². The second-order valence-corrected chi connectivity index (χ2v) is 7.96. The number of hydrogen-bond donors (Lipinski definition) is 1. The number of thiophene rings is 1. The molecule has 2 atom stereocenters. The highest BCUT2D eigenvalue weighted by Crippen LogP contribution is 2.31. The lowest BCUT2D eigenvalue weighted by molar-refractivity contribution is -0.134. The van der Waals surface area contributed by atoms with Gasteiger partial charge < -0.3 is 10.2 Å². The Morgan fingerprint density at radius 1 is 1.42 bits per heavy atom. The van der Waals surface area contributed by atoms with Crippen molar-refractivity contribution in [2.45, 2.75) is 26.7 Å². The first-order valence-corrected chi connectivity index (χ1v) is 9.26. The predicted molar refractivity (Wildman–Crippen MR) is 97.0 cm³/mol. The van der Waals surface area contributed by atoms with Gasteiger partial charge in [0.15, 0.2) is 0 Å². The molecule has 0 spiro atoms. The number of carbonyl (C=O) groups excluding carboxylic acids is 1. The molecule has 0 aromatic carbocycles. The molecular formula is C18H24N4OS. The summed E-state index contributed by atoms with van der Waals surface area (Å²) >= 11 is 1.72. The monoisotopic (exact) mass is 344 g/mol. The second kappa shape index (κ2) is 7.30. The van der Waals surface area contributed by atoms with Crippen LogP contribution >= 0.6 is 11.3 Å². The van der Waals surface area contributed by atoms with Crippen molar-refractivity contribution < 1.29 is 4.79 Å². The summed E-state index contributed by atoms with van der Waals surface area (Å²) in [5.41, 5.74) is 0.0670. The number of likely N-dealkylation sites (tertiary alicyclic amines) is 1. The Labute approximate surface area is 147 Å². The van der Waals surface area contributed by atoms with Gasteiger partial charge in [-0.2, -0.15) is 0 Å². The van der Waals surface area contributed by atoms with E-state index >= 15 is 0 Å². The van der Waals surface area contributed by atoms with Gasteiger partial charge in [-0.15, -0.1) is 11.3 Å². The van der Waals surface area contributed by atoms with Crippen LogP contribution in [0.5, 0.6) is 0 Å². The van der Waals surface area contributed by atoms with Crippen molar-refractivity contribution in [1.29, 1.82) is 0 Å². The number of nitrogens with zero attached hydrogens (tertiary/aromatic N) is 3. The van der Waals surface area contributed by atoms with E-state index in [1.54, 1.807) is 29.8 Å². The molecule has 6 heteroatoms. The Morgan fingerprint density at radius 2 is 2.21 bits per heavy atom. The molecule has 2 unspecified atom stereocenters. The molecule has 3 rings (SSSR count). The van der Waals surface area contributed by atoms with Crippen molar-refractivity contribution in [3.05, 3.63) is 40.8 Å². The fourth-order valence-electron chi connectivity index (χ4n) is 3.17. The zero-order valence-corrected chi connectivity index (χ0v) is 15.1. The topological polar surface area (TPSA) is 58.1 Å². The van der Waals surface area contributed by atoms with Crippen molar-refractivity contribution in [3.8, 4) is 0 Å². The normalized spacial score (nSPS) is 21.7. The van der Waals surface area contributed by atoms with E-state index in [9.17, 15) is 4.79 Å². The fourth-order valence-corrected chi connectivity index (χ4v) is 4.00. The number of amides is 1. The summed E-state index contributed by atoms with van der Waals surface area (Å²) in [6.45, 7) is 6.66. The third-order valence-corrected chi connectivity index (χ3v) is 5.52. The van der Waals surface area contributed by atoms with Crippen LogP contribution in [0.1, 0.15) is 25.1 Å². The summed E-state index contributed by atoms with van der Waals surface area (Å²) in [7, 11) is 0. The predicted octanol–water partition coefficient (Wildman–Crippen LogP) is 3.07. The SMILES string of the molecule is CC(Cc1cccs1)C(=O)N1CCC(C)(CNc2ncccn2)C1. The van der Waals surface area contributed by atoms with Crippen molar-refractivity contribution >= 4 is 23.2 Å². The van der Waals surface area contributed by atoms with Crippen molar-refractivity contribution in [3.63, 3.8) is 0 Å². The molecular weight excluding hydrogens is 320 g/mol. The van der Waals surface area contributed by atoms with E-state index in [0.29, 0.717) is 5.95 Å². The molecule has 1 fully saturated rings. The first kappa shape index (κ1) is 16.9. The molecule has 1 amide bonds. The molecule has 0 radical (unpaired) electrons. The quantitative estimate of drug-likeness (QED) is 0.875. The lowest BCUT2D eigenvalue weighted by Gasteiger charge is -2.26. The van der Waals surface area contributed by atoms with Crippen molar-refractivity contribution in [2.75, 3.05) is 25.0 Å². The molecule has 3 heterocycles. The summed E-state index contributed by atoms with van der Waals surface area (Å²) in [5.74, 6) is 0.953. The molecule has 1 aliphatic heterocycles. The average molecular weight is 344 g/mol. The van der Waals surface area contributed by atoms with Crippen molar-refractivity contribution in [2.24, 2.45) is 11.3 Å². The van der Waals surface area contributed by atoms with Crippen LogP contribution in [-0.4, -0.2) is 40.4 Å². The standard InChI is InChI=1S/C18H24N4OS/c1-14(11-15-5-3-10-24-15)16(23)22-9-6-18(2,13-22)12-21-17-19-7-4-8-20-17/h3-5,7-8,10,14H,6,9,11-13H2,1-2H3,(H,19,20,21). The first-order valence-electron chi connectivity index (χ1n) is 8.38. The number of hydrogen-bond acceptors (Lipinski definition) is 5.